The van der Waals surface area contributed by atoms with Crippen molar-refractivity contribution in [1.29, 1.82) is 0 Å². The Bertz CT molecular complexity index is 813. The minimum atomic E-state index is 0.150. The lowest BCUT2D eigenvalue weighted by molar-refractivity contribution is 0.0544. The maximum atomic E-state index is 5.61. The second-order valence-electron chi connectivity index (χ2n) is 6.03. The molecule has 0 bridgehead atoms. The lowest BCUT2D eigenvalue weighted by Crippen LogP contribution is -2.32. The molecule has 5 nitrogen and oxygen atoms in total. The Kier molecular flexibility index (Phi) is 3.81. The monoisotopic (exact) mass is 308 g/mol. The van der Waals surface area contributed by atoms with Crippen LogP contribution in [0.25, 0.3) is 10.9 Å². The van der Waals surface area contributed by atoms with Gasteiger partial charge in [0.15, 0.2) is 0 Å². The summed E-state index contributed by atoms with van der Waals surface area (Å²) in [6, 6.07) is 14.6. The normalized spacial score (nSPS) is 18.7. The van der Waals surface area contributed by atoms with Gasteiger partial charge < -0.3 is 4.74 Å². The number of pyridine rings is 1. The van der Waals surface area contributed by atoms with Gasteiger partial charge in [-0.2, -0.15) is 5.10 Å². The maximum Gasteiger partial charge on any atom is 0.0894 e. The number of fused-ring (bicyclic) bond motifs is 2. The smallest absolute Gasteiger partial charge is 0.0894 e. The molecular weight excluding hydrogens is 288 g/mol. The van der Waals surface area contributed by atoms with Gasteiger partial charge in [-0.25, -0.2) is 0 Å². The number of rotatable bonds is 3. The van der Waals surface area contributed by atoms with Gasteiger partial charge in [-0.3, -0.25) is 14.6 Å². The highest BCUT2D eigenvalue weighted by Crippen LogP contribution is 2.17. The van der Waals surface area contributed by atoms with E-state index in [1.807, 2.05) is 23.0 Å². The van der Waals surface area contributed by atoms with Crippen molar-refractivity contribution in [3.63, 3.8) is 0 Å². The summed E-state index contributed by atoms with van der Waals surface area (Å²) in [6.07, 6.45) is 2.01. The molecule has 118 valence electrons. The molecule has 5 heteroatoms. The first-order chi connectivity index (χ1) is 11.3. The second-order valence-corrected chi connectivity index (χ2v) is 6.03. The maximum absolute atomic E-state index is 5.61. The average molecular weight is 308 g/mol. The molecule has 3 aromatic rings. The van der Waals surface area contributed by atoms with Crippen LogP contribution in [-0.2, 0) is 24.4 Å². The topological polar surface area (TPSA) is 43.2 Å². The fourth-order valence-corrected chi connectivity index (χ4v) is 3.19. The molecule has 23 heavy (non-hydrogen) atoms. The van der Waals surface area contributed by atoms with Crippen molar-refractivity contribution in [1.82, 2.24) is 19.7 Å². The van der Waals surface area contributed by atoms with Gasteiger partial charge in [0.25, 0.3) is 0 Å². The summed E-state index contributed by atoms with van der Waals surface area (Å²) >= 11 is 0. The minimum Gasteiger partial charge on any atom is -0.378 e. The molecule has 0 aliphatic carbocycles. The van der Waals surface area contributed by atoms with Crippen LogP contribution in [0.4, 0.5) is 0 Å². The number of benzene rings is 1. The third kappa shape index (κ3) is 2.98. The fourth-order valence-electron chi connectivity index (χ4n) is 3.19. The predicted molar refractivity (Wildman–Crippen MR) is 88.9 cm³/mol. The Labute approximate surface area is 135 Å². The van der Waals surface area contributed by atoms with Gasteiger partial charge >= 0.3 is 0 Å². The molecule has 0 saturated carbocycles. The van der Waals surface area contributed by atoms with Gasteiger partial charge in [0.05, 0.1) is 29.6 Å². The van der Waals surface area contributed by atoms with Crippen molar-refractivity contribution in [3.05, 3.63) is 60.0 Å². The van der Waals surface area contributed by atoms with Crippen LogP contribution in [0, 0.1) is 0 Å². The number of methoxy groups -OCH3 is 1. The molecule has 0 spiro atoms. The zero-order valence-corrected chi connectivity index (χ0v) is 13.2. The Morgan fingerprint density at radius 3 is 2.96 bits per heavy atom. The first kappa shape index (κ1) is 14.4. The van der Waals surface area contributed by atoms with Crippen LogP contribution in [0.1, 0.15) is 11.4 Å². The first-order valence-corrected chi connectivity index (χ1v) is 7.92. The minimum absolute atomic E-state index is 0.150. The number of aromatic nitrogens is 3. The van der Waals surface area contributed by atoms with Crippen molar-refractivity contribution < 1.29 is 4.74 Å². The average Bonchev–Trinajstić information content (AvgIpc) is 2.93. The molecule has 0 N–H and O–H groups in total. The molecule has 0 amide bonds. The van der Waals surface area contributed by atoms with Crippen LogP contribution in [0.5, 0.6) is 0 Å². The van der Waals surface area contributed by atoms with E-state index < -0.39 is 0 Å². The lowest BCUT2D eigenvalue weighted by Gasteiger charge is -2.22. The largest absolute Gasteiger partial charge is 0.378 e. The number of para-hydroxylation sites is 1. The third-order valence-electron chi connectivity index (χ3n) is 4.40. The van der Waals surface area contributed by atoms with Crippen molar-refractivity contribution >= 4 is 10.9 Å². The van der Waals surface area contributed by atoms with Crippen LogP contribution >= 0.6 is 0 Å². The van der Waals surface area contributed by atoms with Gasteiger partial charge in [-0.05, 0) is 18.2 Å². The Hall–Kier alpha value is -2.24. The third-order valence-corrected chi connectivity index (χ3v) is 4.40. The number of ether oxygens (including phenoxy) is 1. The fraction of sp³-hybridized carbons (Fsp3) is 0.333. The molecule has 1 aromatic carbocycles. The highest BCUT2D eigenvalue weighted by atomic mass is 16.5. The van der Waals surface area contributed by atoms with Crippen LogP contribution in [0.3, 0.4) is 0 Å². The number of nitrogens with zero attached hydrogens (tertiary/aromatic N) is 4. The van der Waals surface area contributed by atoms with Crippen LogP contribution in [-0.4, -0.2) is 39.4 Å². The van der Waals surface area contributed by atoms with E-state index >= 15 is 0 Å². The van der Waals surface area contributed by atoms with E-state index in [2.05, 4.69) is 40.3 Å². The molecule has 1 aliphatic rings. The van der Waals surface area contributed by atoms with Crippen molar-refractivity contribution in [2.75, 3.05) is 13.7 Å². The molecule has 2 aromatic heterocycles. The molecule has 0 radical (unpaired) electrons. The second kappa shape index (κ2) is 6.10. The molecule has 0 unspecified atom stereocenters. The SMILES string of the molecule is CO[C@H]1CN(Cc2ccc3ccccc3n2)Cc2ccnn2C1. The summed E-state index contributed by atoms with van der Waals surface area (Å²) in [7, 11) is 1.77. The summed E-state index contributed by atoms with van der Waals surface area (Å²) in [5.41, 5.74) is 3.37. The van der Waals surface area contributed by atoms with E-state index in [1.165, 1.54) is 11.1 Å². The lowest BCUT2D eigenvalue weighted by atomic mass is 10.2. The van der Waals surface area contributed by atoms with Gasteiger partial charge in [0.1, 0.15) is 0 Å². The zero-order valence-electron chi connectivity index (χ0n) is 13.2. The first-order valence-electron chi connectivity index (χ1n) is 7.92. The van der Waals surface area contributed by atoms with Gasteiger partial charge in [0.2, 0.25) is 0 Å². The van der Waals surface area contributed by atoms with E-state index in [1.54, 1.807) is 7.11 Å². The van der Waals surface area contributed by atoms with Gasteiger partial charge in [-0.15, -0.1) is 0 Å². The highest BCUT2D eigenvalue weighted by Gasteiger charge is 2.22. The number of hydrogen-bond donors (Lipinski definition) is 0. The Balaban J connectivity index is 1.59. The molecular formula is C18H20N4O. The zero-order chi connectivity index (χ0) is 15.6. The van der Waals surface area contributed by atoms with Crippen molar-refractivity contribution in [2.45, 2.75) is 25.7 Å². The number of hydrogen-bond acceptors (Lipinski definition) is 4. The molecule has 1 atom stereocenters. The Morgan fingerprint density at radius 1 is 1.13 bits per heavy atom. The summed E-state index contributed by atoms with van der Waals surface area (Å²) in [5, 5.41) is 5.57. The molecule has 0 saturated heterocycles. The van der Waals surface area contributed by atoms with E-state index in [0.29, 0.717) is 0 Å². The van der Waals surface area contributed by atoms with Crippen LogP contribution in [0.15, 0.2) is 48.7 Å². The highest BCUT2D eigenvalue weighted by molar-refractivity contribution is 5.78. The van der Waals surface area contributed by atoms with Crippen molar-refractivity contribution in [3.8, 4) is 0 Å². The van der Waals surface area contributed by atoms with Gasteiger partial charge in [0, 0.05) is 38.3 Å². The summed E-state index contributed by atoms with van der Waals surface area (Å²) < 4.78 is 7.66. The van der Waals surface area contributed by atoms with Gasteiger partial charge in [-0.1, -0.05) is 24.3 Å². The molecule has 0 fully saturated rings. The van der Waals surface area contributed by atoms with Crippen LogP contribution in [0.2, 0.25) is 0 Å². The quantitative estimate of drug-likeness (QED) is 0.745. The molecule has 1 aliphatic heterocycles. The summed E-state index contributed by atoms with van der Waals surface area (Å²) in [6.45, 7) is 3.37. The van der Waals surface area contributed by atoms with Crippen LogP contribution < -0.4 is 0 Å². The molecule has 3 heterocycles. The summed E-state index contributed by atoms with van der Waals surface area (Å²) in [5.74, 6) is 0. The van der Waals surface area contributed by atoms with E-state index in [9.17, 15) is 0 Å². The Morgan fingerprint density at radius 2 is 2.04 bits per heavy atom. The predicted octanol–water partition coefficient (Wildman–Crippen LogP) is 2.46. The molecule has 4 rings (SSSR count). The van der Waals surface area contributed by atoms with Crippen molar-refractivity contribution in [2.24, 2.45) is 0 Å². The van der Waals surface area contributed by atoms with E-state index in [-0.39, 0.29) is 6.10 Å². The van der Waals surface area contributed by atoms with E-state index in [4.69, 9.17) is 9.72 Å². The summed E-state index contributed by atoms with van der Waals surface area (Å²) in [4.78, 5) is 7.17. The standard InChI is InChI=1S/C18H20N4O/c1-23-17-12-21(11-16-8-9-19-22(16)13-17)10-15-7-6-14-4-2-3-5-18(14)20-15/h2-9,17H,10-13H2,1H3/t17-/m0/s1. The van der Waals surface area contributed by atoms with E-state index in [0.717, 1.165) is 37.4 Å².